The summed E-state index contributed by atoms with van der Waals surface area (Å²) in [5.74, 6) is 2.13. The first-order chi connectivity index (χ1) is 11.7. The van der Waals surface area contributed by atoms with E-state index in [1.165, 1.54) is 0 Å². The molecule has 132 valence electrons. The van der Waals surface area contributed by atoms with Gasteiger partial charge in [-0.25, -0.2) is 4.98 Å². The SMILES string of the molecule is CCN(c1nc(N2CC(O)C2)nc2c1S(=O)CC2)C1CCOCC1. The molecule has 4 rings (SSSR count). The number of ether oxygens (including phenoxy) is 1. The highest BCUT2D eigenvalue weighted by Crippen LogP contribution is 2.35. The highest BCUT2D eigenvalue weighted by atomic mass is 32.2. The summed E-state index contributed by atoms with van der Waals surface area (Å²) in [4.78, 5) is 14.5. The van der Waals surface area contributed by atoms with Gasteiger partial charge in [0.15, 0.2) is 5.82 Å². The molecule has 0 bridgehead atoms. The van der Waals surface area contributed by atoms with E-state index in [9.17, 15) is 9.32 Å². The topological polar surface area (TPSA) is 78.8 Å². The molecular weight excluding hydrogens is 328 g/mol. The number of aryl methyl sites for hydroxylation is 1. The van der Waals surface area contributed by atoms with Crippen LogP contribution < -0.4 is 9.80 Å². The summed E-state index contributed by atoms with van der Waals surface area (Å²) in [5, 5.41) is 9.57. The summed E-state index contributed by atoms with van der Waals surface area (Å²) >= 11 is 0. The number of rotatable bonds is 4. The van der Waals surface area contributed by atoms with Crippen LogP contribution >= 0.6 is 0 Å². The molecule has 3 aliphatic heterocycles. The highest BCUT2D eigenvalue weighted by Gasteiger charge is 2.34. The van der Waals surface area contributed by atoms with E-state index in [0.717, 1.165) is 55.4 Å². The van der Waals surface area contributed by atoms with Crippen molar-refractivity contribution in [2.75, 3.05) is 48.4 Å². The van der Waals surface area contributed by atoms with Crippen molar-refractivity contribution >= 4 is 22.6 Å². The van der Waals surface area contributed by atoms with Gasteiger partial charge in [-0.15, -0.1) is 0 Å². The minimum absolute atomic E-state index is 0.294. The monoisotopic (exact) mass is 352 g/mol. The number of fused-ring (bicyclic) bond motifs is 1. The second-order valence-electron chi connectivity index (χ2n) is 6.61. The van der Waals surface area contributed by atoms with Crippen molar-refractivity contribution in [1.82, 2.24) is 9.97 Å². The zero-order chi connectivity index (χ0) is 16.7. The smallest absolute Gasteiger partial charge is 0.227 e. The molecule has 1 aromatic heterocycles. The van der Waals surface area contributed by atoms with Gasteiger partial charge in [-0.05, 0) is 19.8 Å². The van der Waals surface area contributed by atoms with E-state index in [1.807, 2.05) is 4.90 Å². The Balaban J connectivity index is 1.72. The number of hydrogen-bond acceptors (Lipinski definition) is 7. The fraction of sp³-hybridized carbons (Fsp3) is 0.750. The molecule has 1 unspecified atom stereocenters. The van der Waals surface area contributed by atoms with Crippen molar-refractivity contribution in [1.29, 1.82) is 0 Å². The van der Waals surface area contributed by atoms with E-state index in [0.29, 0.717) is 30.8 Å². The molecule has 0 saturated carbocycles. The van der Waals surface area contributed by atoms with Crippen LogP contribution in [0.4, 0.5) is 11.8 Å². The molecule has 3 aliphatic rings. The van der Waals surface area contributed by atoms with Crippen molar-refractivity contribution in [2.24, 2.45) is 0 Å². The second-order valence-corrected chi connectivity index (χ2v) is 8.12. The lowest BCUT2D eigenvalue weighted by molar-refractivity contribution is 0.0844. The molecule has 2 saturated heterocycles. The Labute approximate surface area is 144 Å². The maximum atomic E-state index is 12.5. The molecule has 2 fully saturated rings. The van der Waals surface area contributed by atoms with Gasteiger partial charge in [-0.3, -0.25) is 4.21 Å². The Morgan fingerprint density at radius 3 is 2.75 bits per heavy atom. The maximum absolute atomic E-state index is 12.5. The zero-order valence-corrected chi connectivity index (χ0v) is 14.8. The number of anilines is 2. The lowest BCUT2D eigenvalue weighted by Crippen LogP contribution is -2.51. The predicted octanol–water partition coefficient (Wildman–Crippen LogP) is 0.327. The van der Waals surface area contributed by atoms with Crippen LogP contribution in [0.25, 0.3) is 0 Å². The highest BCUT2D eigenvalue weighted by molar-refractivity contribution is 7.85. The molecule has 1 atom stereocenters. The molecule has 0 spiro atoms. The third-order valence-corrected chi connectivity index (χ3v) is 6.50. The third-order valence-electron chi connectivity index (χ3n) is 5.05. The molecular formula is C16H24N4O3S. The van der Waals surface area contributed by atoms with E-state index in [4.69, 9.17) is 9.72 Å². The standard InChI is InChI=1S/C16H24N4O3S/c1-2-20(11-3-6-23-7-4-11)15-14-13(5-8-24(14)22)17-16(18-15)19-9-12(21)10-19/h11-12,21H,2-10H2,1H3. The minimum Gasteiger partial charge on any atom is -0.389 e. The van der Waals surface area contributed by atoms with Crippen LogP contribution in [0.3, 0.4) is 0 Å². The van der Waals surface area contributed by atoms with E-state index in [2.05, 4.69) is 16.8 Å². The van der Waals surface area contributed by atoms with E-state index < -0.39 is 10.8 Å². The van der Waals surface area contributed by atoms with Gasteiger partial charge in [0.1, 0.15) is 4.90 Å². The van der Waals surface area contributed by atoms with E-state index in [1.54, 1.807) is 0 Å². The molecule has 8 heteroatoms. The van der Waals surface area contributed by atoms with Gasteiger partial charge in [0.2, 0.25) is 5.95 Å². The van der Waals surface area contributed by atoms with Gasteiger partial charge in [0.05, 0.1) is 22.6 Å². The molecule has 0 aromatic carbocycles. The van der Waals surface area contributed by atoms with E-state index in [-0.39, 0.29) is 6.10 Å². The fourth-order valence-corrected chi connectivity index (χ4v) is 5.06. The van der Waals surface area contributed by atoms with Crippen LogP contribution in [0.15, 0.2) is 4.90 Å². The average Bonchev–Trinajstić information content (AvgIpc) is 2.95. The lowest BCUT2D eigenvalue weighted by atomic mass is 10.1. The molecule has 1 aromatic rings. The van der Waals surface area contributed by atoms with E-state index >= 15 is 0 Å². The first-order valence-electron chi connectivity index (χ1n) is 8.74. The van der Waals surface area contributed by atoms with Crippen molar-refractivity contribution in [3.8, 4) is 0 Å². The van der Waals surface area contributed by atoms with Gasteiger partial charge in [0.25, 0.3) is 0 Å². The van der Waals surface area contributed by atoms with Crippen LogP contribution in [0.2, 0.25) is 0 Å². The summed E-state index contributed by atoms with van der Waals surface area (Å²) in [7, 11) is -1.01. The summed E-state index contributed by atoms with van der Waals surface area (Å²) in [6.45, 7) is 5.63. The zero-order valence-electron chi connectivity index (χ0n) is 14.0. The molecule has 7 nitrogen and oxygen atoms in total. The van der Waals surface area contributed by atoms with Crippen molar-refractivity contribution in [2.45, 2.75) is 43.2 Å². The Hall–Kier alpha value is -1.25. The quantitative estimate of drug-likeness (QED) is 0.836. The molecule has 4 heterocycles. The number of hydrogen-bond donors (Lipinski definition) is 1. The van der Waals surface area contributed by atoms with Gasteiger partial charge >= 0.3 is 0 Å². The van der Waals surface area contributed by atoms with Crippen LogP contribution in [0.5, 0.6) is 0 Å². The van der Waals surface area contributed by atoms with Crippen molar-refractivity contribution in [3.63, 3.8) is 0 Å². The third kappa shape index (κ3) is 2.80. The maximum Gasteiger partial charge on any atom is 0.227 e. The summed E-state index contributed by atoms with van der Waals surface area (Å²) < 4.78 is 18.0. The fourth-order valence-electron chi connectivity index (χ4n) is 3.70. The van der Waals surface area contributed by atoms with Gasteiger partial charge in [0, 0.05) is 51.1 Å². The lowest BCUT2D eigenvalue weighted by Gasteiger charge is -2.38. The number of aliphatic hydroxyl groups excluding tert-OH is 1. The summed E-state index contributed by atoms with van der Waals surface area (Å²) in [6, 6.07) is 0.371. The Bertz CT molecular complexity index is 644. The van der Waals surface area contributed by atoms with Crippen molar-refractivity contribution < 1.29 is 14.1 Å². The van der Waals surface area contributed by atoms with Gasteiger partial charge < -0.3 is 19.6 Å². The Kier molecular flexibility index (Phi) is 4.44. The van der Waals surface area contributed by atoms with Gasteiger partial charge in [-0.2, -0.15) is 4.98 Å². The Morgan fingerprint density at radius 2 is 2.08 bits per heavy atom. The van der Waals surface area contributed by atoms with Crippen LogP contribution in [0, 0.1) is 0 Å². The summed E-state index contributed by atoms with van der Waals surface area (Å²) in [5.41, 5.74) is 0.917. The molecule has 0 aliphatic carbocycles. The second kappa shape index (κ2) is 6.57. The van der Waals surface area contributed by atoms with Crippen LogP contribution in [0.1, 0.15) is 25.5 Å². The number of β-amino-alcohol motifs (C(OH)–C–C–N with tert-alkyl or cyclic N) is 1. The van der Waals surface area contributed by atoms with Crippen molar-refractivity contribution in [3.05, 3.63) is 5.69 Å². The molecule has 0 radical (unpaired) electrons. The first-order valence-corrected chi connectivity index (χ1v) is 10.1. The van der Waals surface area contributed by atoms with Gasteiger partial charge in [-0.1, -0.05) is 0 Å². The largest absolute Gasteiger partial charge is 0.389 e. The number of aromatic nitrogens is 2. The average molecular weight is 352 g/mol. The molecule has 1 N–H and O–H groups in total. The summed E-state index contributed by atoms with van der Waals surface area (Å²) in [6.07, 6.45) is 2.39. The van der Waals surface area contributed by atoms with Crippen LogP contribution in [-0.2, 0) is 22.0 Å². The number of nitrogens with zero attached hydrogens (tertiary/aromatic N) is 4. The first kappa shape index (κ1) is 16.2. The van der Waals surface area contributed by atoms with Crippen LogP contribution in [-0.4, -0.2) is 70.0 Å². The predicted molar refractivity (Wildman–Crippen MR) is 92.1 cm³/mol. The molecule has 0 amide bonds. The molecule has 24 heavy (non-hydrogen) atoms. The Morgan fingerprint density at radius 1 is 1.33 bits per heavy atom. The normalized spacial score (nSPS) is 24.8. The number of aliphatic hydroxyl groups is 1. The minimum atomic E-state index is -1.01.